The summed E-state index contributed by atoms with van der Waals surface area (Å²) in [4.78, 5) is 16.9. The van der Waals surface area contributed by atoms with E-state index < -0.39 is 0 Å². The van der Waals surface area contributed by atoms with Crippen molar-refractivity contribution < 1.29 is 4.42 Å². The van der Waals surface area contributed by atoms with Crippen molar-refractivity contribution in [2.45, 2.75) is 0 Å². The molecule has 0 aliphatic carbocycles. The van der Waals surface area contributed by atoms with Gasteiger partial charge < -0.3 is 9.32 Å². The lowest BCUT2D eigenvalue weighted by Crippen LogP contribution is -2.09. The van der Waals surface area contributed by atoms with Crippen LogP contribution in [0.4, 0.5) is 17.1 Å². The number of hydrogen-bond acceptors (Lipinski definition) is 5. The molecule has 0 bridgehead atoms. The lowest BCUT2D eigenvalue weighted by molar-refractivity contribution is 0.669. The maximum absolute atomic E-state index is 6.58. The zero-order chi connectivity index (χ0) is 31.9. The van der Waals surface area contributed by atoms with E-state index in [9.17, 15) is 0 Å². The van der Waals surface area contributed by atoms with E-state index in [1.165, 1.54) is 10.8 Å². The number of para-hydroxylation sites is 1. The van der Waals surface area contributed by atoms with Crippen LogP contribution in [0.5, 0.6) is 0 Å². The molecule has 5 nitrogen and oxygen atoms in total. The van der Waals surface area contributed by atoms with E-state index in [1.54, 1.807) is 0 Å². The summed E-state index contributed by atoms with van der Waals surface area (Å²) in [6.45, 7) is 0. The van der Waals surface area contributed by atoms with E-state index in [0.717, 1.165) is 55.7 Å². The van der Waals surface area contributed by atoms with Gasteiger partial charge in [-0.05, 0) is 59.3 Å². The molecule has 226 valence electrons. The molecule has 0 atom stereocenters. The van der Waals surface area contributed by atoms with Gasteiger partial charge in [-0.15, -0.1) is 0 Å². The summed E-state index contributed by atoms with van der Waals surface area (Å²) in [6.07, 6.45) is 0. The van der Waals surface area contributed by atoms with Gasteiger partial charge in [-0.25, -0.2) is 15.0 Å². The molecule has 9 aromatic rings. The Hall–Kier alpha value is -6.59. The molecule has 2 aromatic heterocycles. The van der Waals surface area contributed by atoms with Gasteiger partial charge in [0.2, 0.25) is 0 Å². The van der Waals surface area contributed by atoms with Crippen LogP contribution in [-0.2, 0) is 0 Å². The van der Waals surface area contributed by atoms with Crippen LogP contribution in [0.15, 0.2) is 174 Å². The number of furan rings is 1. The zero-order valence-electron chi connectivity index (χ0n) is 25.9. The highest BCUT2D eigenvalue weighted by molar-refractivity contribution is 6.07. The summed E-state index contributed by atoms with van der Waals surface area (Å²) in [5.74, 6) is 1.85. The maximum Gasteiger partial charge on any atom is 0.164 e. The van der Waals surface area contributed by atoms with Gasteiger partial charge in [-0.1, -0.05) is 115 Å². The molecule has 0 saturated heterocycles. The van der Waals surface area contributed by atoms with Crippen LogP contribution in [0.1, 0.15) is 0 Å². The predicted molar refractivity (Wildman–Crippen MR) is 196 cm³/mol. The monoisotopic (exact) mass is 616 g/mol. The van der Waals surface area contributed by atoms with Crippen LogP contribution >= 0.6 is 0 Å². The molecule has 0 aliphatic rings. The third-order valence-electron chi connectivity index (χ3n) is 8.68. The van der Waals surface area contributed by atoms with Crippen LogP contribution < -0.4 is 4.90 Å². The Kier molecular flexibility index (Phi) is 6.72. The quantitative estimate of drug-likeness (QED) is 0.186. The first-order valence-electron chi connectivity index (χ1n) is 15.9. The molecule has 0 N–H and O–H groups in total. The van der Waals surface area contributed by atoms with Crippen molar-refractivity contribution in [3.8, 4) is 34.2 Å². The highest BCUT2D eigenvalue weighted by Crippen LogP contribution is 2.40. The van der Waals surface area contributed by atoms with Crippen molar-refractivity contribution in [3.63, 3.8) is 0 Å². The van der Waals surface area contributed by atoms with Crippen molar-refractivity contribution in [3.05, 3.63) is 170 Å². The van der Waals surface area contributed by atoms with Crippen LogP contribution in [0.2, 0.25) is 0 Å². The molecule has 0 unspecified atom stereocenters. The first-order chi connectivity index (χ1) is 23.8. The Morgan fingerprint density at radius 1 is 0.354 bits per heavy atom. The van der Waals surface area contributed by atoms with Gasteiger partial charge in [0.1, 0.15) is 11.2 Å². The summed E-state index contributed by atoms with van der Waals surface area (Å²) in [5.41, 5.74) is 7.49. The summed E-state index contributed by atoms with van der Waals surface area (Å²) < 4.78 is 6.58. The number of rotatable bonds is 6. The summed E-state index contributed by atoms with van der Waals surface area (Å²) >= 11 is 0. The second kappa shape index (κ2) is 11.6. The summed E-state index contributed by atoms with van der Waals surface area (Å²) in [6, 6.07) is 58.1. The van der Waals surface area contributed by atoms with E-state index in [4.69, 9.17) is 19.4 Å². The molecule has 0 spiro atoms. The first kappa shape index (κ1) is 27.7. The van der Waals surface area contributed by atoms with Crippen molar-refractivity contribution >= 4 is 49.8 Å². The Bertz CT molecular complexity index is 2510. The largest absolute Gasteiger partial charge is 0.456 e. The lowest BCUT2D eigenvalue weighted by Gasteiger charge is -2.25. The lowest BCUT2D eigenvalue weighted by atomic mass is 10.1. The Morgan fingerprint density at radius 3 is 1.52 bits per heavy atom. The Balaban J connectivity index is 1.16. The third-order valence-corrected chi connectivity index (χ3v) is 8.68. The average Bonchev–Trinajstić information content (AvgIpc) is 3.53. The van der Waals surface area contributed by atoms with Crippen molar-refractivity contribution in [1.29, 1.82) is 0 Å². The maximum atomic E-state index is 6.58. The molecule has 9 rings (SSSR count). The number of fused-ring (bicyclic) bond motifs is 4. The van der Waals surface area contributed by atoms with E-state index in [2.05, 4.69) is 102 Å². The van der Waals surface area contributed by atoms with Gasteiger partial charge in [-0.2, -0.15) is 0 Å². The fourth-order valence-electron chi connectivity index (χ4n) is 6.32. The van der Waals surface area contributed by atoms with Crippen molar-refractivity contribution in [2.24, 2.45) is 0 Å². The molecular weight excluding hydrogens is 589 g/mol. The standard InChI is InChI=1S/C43H28N4O/c1-4-13-30(14-5-1)41-44-42(31-15-6-2-7-16-31)46-43(45-41)33-21-24-37-38-25-23-36(28-40(38)48-39(37)27-33)47(34-18-8-3-9-19-34)35-22-20-29-12-10-11-17-32(29)26-35/h1-28H. The molecule has 5 heteroatoms. The molecule has 0 saturated carbocycles. The molecular formula is C43H28N4O. The number of benzene rings is 7. The fraction of sp³-hybridized carbons (Fsp3) is 0. The normalized spacial score (nSPS) is 11.3. The van der Waals surface area contributed by atoms with Crippen LogP contribution in [0.25, 0.3) is 66.9 Å². The van der Waals surface area contributed by atoms with E-state index in [0.29, 0.717) is 17.5 Å². The first-order valence-corrected chi connectivity index (χ1v) is 15.9. The van der Waals surface area contributed by atoms with Crippen molar-refractivity contribution in [2.75, 3.05) is 4.90 Å². The molecule has 0 aliphatic heterocycles. The van der Waals surface area contributed by atoms with Crippen LogP contribution in [0, 0.1) is 0 Å². The fourth-order valence-corrected chi connectivity index (χ4v) is 6.32. The molecule has 0 radical (unpaired) electrons. The smallest absolute Gasteiger partial charge is 0.164 e. The van der Waals surface area contributed by atoms with E-state index in [1.807, 2.05) is 72.8 Å². The SMILES string of the molecule is c1ccc(-c2nc(-c3ccccc3)nc(-c3ccc4c(c3)oc3cc(N(c5ccccc5)c5ccc6ccccc6c5)ccc34)n2)cc1. The molecule has 0 fully saturated rings. The topological polar surface area (TPSA) is 55.1 Å². The van der Waals surface area contributed by atoms with Gasteiger partial charge in [0, 0.05) is 50.6 Å². The molecule has 7 aromatic carbocycles. The highest BCUT2D eigenvalue weighted by Gasteiger charge is 2.17. The minimum absolute atomic E-state index is 0.595. The van der Waals surface area contributed by atoms with Gasteiger partial charge in [0.05, 0.1) is 0 Å². The summed E-state index contributed by atoms with van der Waals surface area (Å²) in [7, 11) is 0. The van der Waals surface area contributed by atoms with E-state index >= 15 is 0 Å². The van der Waals surface area contributed by atoms with Gasteiger partial charge in [-0.3, -0.25) is 0 Å². The number of hydrogen-bond donors (Lipinski definition) is 0. The third kappa shape index (κ3) is 5.04. The Labute approximate surface area is 277 Å². The second-order valence-electron chi connectivity index (χ2n) is 11.7. The Morgan fingerprint density at radius 2 is 0.854 bits per heavy atom. The van der Waals surface area contributed by atoms with Gasteiger partial charge in [0.15, 0.2) is 17.5 Å². The van der Waals surface area contributed by atoms with Crippen LogP contribution in [-0.4, -0.2) is 15.0 Å². The minimum Gasteiger partial charge on any atom is -0.456 e. The highest BCUT2D eigenvalue weighted by atomic mass is 16.3. The van der Waals surface area contributed by atoms with Gasteiger partial charge >= 0.3 is 0 Å². The average molecular weight is 617 g/mol. The summed E-state index contributed by atoms with van der Waals surface area (Å²) in [5, 5.41) is 4.50. The van der Waals surface area contributed by atoms with Crippen LogP contribution in [0.3, 0.4) is 0 Å². The second-order valence-corrected chi connectivity index (χ2v) is 11.7. The van der Waals surface area contributed by atoms with Crippen molar-refractivity contribution in [1.82, 2.24) is 15.0 Å². The number of aromatic nitrogens is 3. The predicted octanol–water partition coefficient (Wildman–Crippen LogP) is 11.4. The zero-order valence-corrected chi connectivity index (χ0v) is 25.9. The minimum atomic E-state index is 0.595. The molecule has 2 heterocycles. The molecule has 0 amide bonds. The number of nitrogens with zero attached hydrogens (tertiary/aromatic N) is 4. The number of anilines is 3. The van der Waals surface area contributed by atoms with Gasteiger partial charge in [0.25, 0.3) is 0 Å². The van der Waals surface area contributed by atoms with E-state index in [-0.39, 0.29) is 0 Å². The molecule has 48 heavy (non-hydrogen) atoms.